The SMILES string of the molecule is COC(=O)NC(=S)N1N=C(c2ccc(Cl)cc2)CC1c1ccccc1. The number of carbonyl (C=O) groups excluding carboxylic acids is 1. The Balaban J connectivity index is 1.91. The second-order valence-corrected chi connectivity index (χ2v) is 6.27. The molecule has 1 aliphatic heterocycles. The van der Waals surface area contributed by atoms with Crippen molar-refractivity contribution >= 4 is 40.7 Å². The van der Waals surface area contributed by atoms with Crippen LogP contribution < -0.4 is 5.32 Å². The molecule has 0 bridgehead atoms. The Morgan fingerprint density at radius 1 is 1.24 bits per heavy atom. The molecule has 3 rings (SSSR count). The van der Waals surface area contributed by atoms with E-state index in [9.17, 15) is 4.79 Å². The molecule has 1 aliphatic rings. The molecular formula is C18H16ClN3O2S. The topological polar surface area (TPSA) is 53.9 Å². The van der Waals surface area contributed by atoms with Gasteiger partial charge in [0.1, 0.15) is 0 Å². The molecule has 1 amide bonds. The van der Waals surface area contributed by atoms with Crippen LogP contribution >= 0.6 is 23.8 Å². The zero-order valence-electron chi connectivity index (χ0n) is 13.5. The van der Waals surface area contributed by atoms with Crippen molar-refractivity contribution in [1.29, 1.82) is 0 Å². The number of nitrogens with one attached hydrogen (secondary N) is 1. The van der Waals surface area contributed by atoms with Gasteiger partial charge in [-0.05, 0) is 35.5 Å². The Labute approximate surface area is 156 Å². The third-order valence-electron chi connectivity index (χ3n) is 3.87. The number of halogens is 1. The van der Waals surface area contributed by atoms with E-state index in [1.807, 2.05) is 54.6 Å². The predicted octanol–water partition coefficient (Wildman–Crippen LogP) is 4.13. The number of carbonyl (C=O) groups is 1. The summed E-state index contributed by atoms with van der Waals surface area (Å²) in [6.45, 7) is 0. The van der Waals surface area contributed by atoms with Crippen LogP contribution in [0.5, 0.6) is 0 Å². The fourth-order valence-electron chi connectivity index (χ4n) is 2.64. The van der Waals surface area contributed by atoms with Gasteiger partial charge in [0.2, 0.25) is 0 Å². The lowest BCUT2D eigenvalue weighted by Gasteiger charge is -2.23. The van der Waals surface area contributed by atoms with Gasteiger partial charge in [0.05, 0.1) is 18.9 Å². The second kappa shape index (κ2) is 7.63. The minimum absolute atomic E-state index is 0.100. The largest absolute Gasteiger partial charge is 0.453 e. The number of methoxy groups -OCH3 is 1. The predicted molar refractivity (Wildman–Crippen MR) is 102 cm³/mol. The number of amides is 1. The van der Waals surface area contributed by atoms with E-state index in [4.69, 9.17) is 23.8 Å². The summed E-state index contributed by atoms with van der Waals surface area (Å²) in [5, 5.41) is 9.66. The zero-order valence-corrected chi connectivity index (χ0v) is 15.1. The lowest BCUT2D eigenvalue weighted by Crippen LogP contribution is -2.40. The first-order chi connectivity index (χ1) is 12.1. The van der Waals surface area contributed by atoms with Crippen LogP contribution in [0.15, 0.2) is 59.7 Å². The van der Waals surface area contributed by atoms with Crippen LogP contribution in [0.25, 0.3) is 0 Å². The molecule has 5 nitrogen and oxygen atoms in total. The molecule has 1 unspecified atom stereocenters. The number of hydrogen-bond donors (Lipinski definition) is 1. The molecule has 2 aromatic rings. The molecule has 0 spiro atoms. The summed E-state index contributed by atoms with van der Waals surface area (Å²) >= 11 is 11.3. The van der Waals surface area contributed by atoms with Gasteiger partial charge in [-0.15, -0.1) is 0 Å². The fraction of sp³-hybridized carbons (Fsp3) is 0.167. The van der Waals surface area contributed by atoms with Crippen LogP contribution in [0.4, 0.5) is 4.79 Å². The van der Waals surface area contributed by atoms with Gasteiger partial charge >= 0.3 is 6.09 Å². The Bertz CT molecular complexity index is 809. The van der Waals surface area contributed by atoms with Crippen molar-refractivity contribution < 1.29 is 9.53 Å². The Kier molecular flexibility index (Phi) is 5.31. The molecule has 0 aliphatic carbocycles. The number of hydrazone groups is 1. The van der Waals surface area contributed by atoms with Gasteiger partial charge in [-0.2, -0.15) is 5.10 Å². The zero-order chi connectivity index (χ0) is 17.8. The molecule has 7 heteroatoms. The van der Waals surface area contributed by atoms with Crippen molar-refractivity contribution in [3.8, 4) is 0 Å². The van der Waals surface area contributed by atoms with Crippen LogP contribution in [-0.2, 0) is 4.74 Å². The highest BCUT2D eigenvalue weighted by atomic mass is 35.5. The number of thiocarbonyl (C=S) groups is 1. The number of ether oxygens (including phenoxy) is 1. The van der Waals surface area contributed by atoms with Crippen LogP contribution in [0.2, 0.25) is 5.02 Å². The van der Waals surface area contributed by atoms with Crippen molar-refractivity contribution in [3.63, 3.8) is 0 Å². The molecule has 0 fully saturated rings. The van der Waals surface area contributed by atoms with Gasteiger partial charge in [-0.1, -0.05) is 54.1 Å². The van der Waals surface area contributed by atoms with Crippen molar-refractivity contribution in [1.82, 2.24) is 10.3 Å². The van der Waals surface area contributed by atoms with Crippen molar-refractivity contribution in [2.45, 2.75) is 12.5 Å². The molecule has 2 aromatic carbocycles. The number of rotatable bonds is 2. The molecule has 1 heterocycles. The van der Waals surface area contributed by atoms with Gasteiger partial charge in [-0.25, -0.2) is 9.80 Å². The quantitative estimate of drug-likeness (QED) is 0.804. The summed E-state index contributed by atoms with van der Waals surface area (Å²) in [5.41, 5.74) is 2.90. The van der Waals surface area contributed by atoms with Gasteiger partial charge < -0.3 is 4.74 Å². The van der Waals surface area contributed by atoms with E-state index in [2.05, 4.69) is 15.2 Å². The second-order valence-electron chi connectivity index (χ2n) is 5.45. The van der Waals surface area contributed by atoms with Crippen molar-refractivity contribution in [3.05, 3.63) is 70.7 Å². The third-order valence-corrected chi connectivity index (χ3v) is 4.42. The van der Waals surface area contributed by atoms with E-state index in [1.54, 1.807) is 5.01 Å². The smallest absolute Gasteiger partial charge is 0.413 e. The summed E-state index contributed by atoms with van der Waals surface area (Å²) in [5.74, 6) is 0. The van der Waals surface area contributed by atoms with E-state index in [-0.39, 0.29) is 11.2 Å². The number of alkyl carbamates (subject to hydrolysis) is 1. The van der Waals surface area contributed by atoms with E-state index >= 15 is 0 Å². The lowest BCUT2D eigenvalue weighted by atomic mass is 9.99. The average molecular weight is 374 g/mol. The molecule has 0 radical (unpaired) electrons. The first kappa shape index (κ1) is 17.4. The fourth-order valence-corrected chi connectivity index (χ4v) is 3.02. The van der Waals surface area contributed by atoms with E-state index in [0.717, 1.165) is 16.8 Å². The van der Waals surface area contributed by atoms with Crippen LogP contribution in [0, 0.1) is 0 Å². The average Bonchev–Trinajstić information content (AvgIpc) is 3.08. The monoisotopic (exact) mass is 373 g/mol. The molecule has 0 saturated carbocycles. The van der Waals surface area contributed by atoms with Gasteiger partial charge in [0, 0.05) is 11.4 Å². The maximum absolute atomic E-state index is 11.5. The molecule has 1 atom stereocenters. The summed E-state index contributed by atoms with van der Waals surface area (Å²) in [7, 11) is 1.29. The standard InChI is InChI=1S/C18H16ClN3O2S/c1-24-18(23)20-17(25)22-16(13-5-3-2-4-6-13)11-15(21-22)12-7-9-14(19)10-8-12/h2-10,16H,11H2,1H3,(H,20,23,25). The van der Waals surface area contributed by atoms with Crippen LogP contribution in [-0.4, -0.2) is 29.0 Å². The molecule has 25 heavy (non-hydrogen) atoms. The third kappa shape index (κ3) is 3.97. The molecular weight excluding hydrogens is 358 g/mol. The normalized spacial score (nSPS) is 16.3. The van der Waals surface area contributed by atoms with Crippen LogP contribution in [0.1, 0.15) is 23.6 Å². The summed E-state index contributed by atoms with van der Waals surface area (Å²) in [6, 6.07) is 17.3. The van der Waals surface area contributed by atoms with Gasteiger partial charge in [0.15, 0.2) is 5.11 Å². The molecule has 128 valence electrons. The molecule has 0 aromatic heterocycles. The molecule has 0 saturated heterocycles. The highest BCUT2D eigenvalue weighted by Crippen LogP contribution is 2.32. The molecule has 1 N–H and O–H groups in total. The number of nitrogens with zero attached hydrogens (tertiary/aromatic N) is 2. The van der Waals surface area contributed by atoms with E-state index in [1.165, 1.54) is 7.11 Å². The lowest BCUT2D eigenvalue weighted by molar-refractivity contribution is 0.175. The highest BCUT2D eigenvalue weighted by Gasteiger charge is 2.32. The Morgan fingerprint density at radius 2 is 1.92 bits per heavy atom. The highest BCUT2D eigenvalue weighted by molar-refractivity contribution is 7.80. The van der Waals surface area contributed by atoms with E-state index in [0.29, 0.717) is 11.4 Å². The van der Waals surface area contributed by atoms with E-state index < -0.39 is 6.09 Å². The summed E-state index contributed by atoms with van der Waals surface area (Å²) in [4.78, 5) is 11.5. The van der Waals surface area contributed by atoms with Crippen molar-refractivity contribution in [2.24, 2.45) is 5.10 Å². The number of hydrogen-bond acceptors (Lipinski definition) is 4. The maximum atomic E-state index is 11.5. The minimum Gasteiger partial charge on any atom is -0.453 e. The first-order valence-electron chi connectivity index (χ1n) is 7.65. The Hall–Kier alpha value is -2.44. The minimum atomic E-state index is -0.619. The first-order valence-corrected chi connectivity index (χ1v) is 8.43. The van der Waals surface area contributed by atoms with Crippen molar-refractivity contribution in [2.75, 3.05) is 7.11 Å². The summed E-state index contributed by atoms with van der Waals surface area (Å²) in [6.07, 6.45) is 0.0428. The summed E-state index contributed by atoms with van der Waals surface area (Å²) < 4.78 is 4.62. The number of benzene rings is 2. The van der Waals surface area contributed by atoms with Crippen LogP contribution in [0.3, 0.4) is 0 Å². The maximum Gasteiger partial charge on any atom is 0.413 e. The van der Waals surface area contributed by atoms with Gasteiger partial charge in [-0.3, -0.25) is 5.32 Å². The Morgan fingerprint density at radius 3 is 2.56 bits per heavy atom. The van der Waals surface area contributed by atoms with Gasteiger partial charge in [0.25, 0.3) is 0 Å².